The van der Waals surface area contributed by atoms with E-state index >= 15 is 0 Å². The van der Waals surface area contributed by atoms with Crippen LogP contribution in [0.3, 0.4) is 0 Å². The lowest BCUT2D eigenvalue weighted by atomic mass is 10.1. The number of rotatable bonds is 6. The van der Waals surface area contributed by atoms with Gasteiger partial charge >= 0.3 is 5.97 Å². The third kappa shape index (κ3) is 5.02. The summed E-state index contributed by atoms with van der Waals surface area (Å²) >= 11 is 0. The highest BCUT2D eigenvalue weighted by atomic mass is 20.0. The first-order valence-electron chi connectivity index (χ1n) is 8.09. The van der Waals surface area contributed by atoms with Crippen LogP contribution in [-0.2, 0) is 4.74 Å². The van der Waals surface area contributed by atoms with Crippen molar-refractivity contribution in [1.29, 1.82) is 0 Å². The molecule has 0 saturated heterocycles. The molecule has 10 heteroatoms. The fourth-order valence-corrected chi connectivity index (χ4v) is 2.46. The number of phenolic OH excluding ortho intramolecular Hbond substituents is 1. The number of benzene rings is 1. The summed E-state index contributed by atoms with van der Waals surface area (Å²) in [7, 11) is 1.41. The summed E-state index contributed by atoms with van der Waals surface area (Å²) in [6, 6.07) is 4.20. The van der Waals surface area contributed by atoms with E-state index in [1.807, 2.05) is 0 Å². The van der Waals surface area contributed by atoms with E-state index in [4.69, 9.17) is 23.4 Å². The van der Waals surface area contributed by atoms with Gasteiger partial charge in [0.05, 0.1) is 25.6 Å². The highest BCUT2D eigenvalue weighted by Gasteiger charge is 2.33. The van der Waals surface area contributed by atoms with Gasteiger partial charge in [-0.3, -0.25) is 9.69 Å². The highest BCUT2D eigenvalue weighted by molar-refractivity contribution is 5.93. The van der Waals surface area contributed by atoms with Gasteiger partial charge in [0, 0.05) is 21.1 Å². The molecule has 0 bridgehead atoms. The Morgan fingerprint density at radius 1 is 1.25 bits per heavy atom. The second-order valence-electron chi connectivity index (χ2n) is 5.63. The standard InChI is InChI=1S/C18H18FNO5.F2.FH/c1-3-24-18(22)15-14(9-20-17(16(15)19)10-4-5-10)25-12-7-6-11(21)8-13(12)23-2;1-2;/h6-10,21H,3-5H2,1-2H3;;1H. The summed E-state index contributed by atoms with van der Waals surface area (Å²) in [4.78, 5) is 16.4. The molecular formula is C18H19F4NO5. The van der Waals surface area contributed by atoms with Crippen LogP contribution in [0.2, 0.25) is 0 Å². The molecule has 28 heavy (non-hydrogen) atoms. The van der Waals surface area contributed by atoms with E-state index in [9.17, 15) is 14.3 Å². The van der Waals surface area contributed by atoms with Gasteiger partial charge in [0.2, 0.25) is 0 Å². The average molecular weight is 405 g/mol. The van der Waals surface area contributed by atoms with Crippen LogP contribution in [0.15, 0.2) is 24.4 Å². The first kappa shape index (κ1) is 23.0. The number of aromatic nitrogens is 1. The van der Waals surface area contributed by atoms with Crippen molar-refractivity contribution in [2.75, 3.05) is 13.7 Å². The Bertz CT molecular complexity index is 815. The number of halogens is 4. The normalized spacial score (nSPS) is 12.2. The van der Waals surface area contributed by atoms with Gasteiger partial charge in [-0.15, -0.1) is 0 Å². The van der Waals surface area contributed by atoms with Crippen molar-refractivity contribution in [2.24, 2.45) is 0 Å². The maximum atomic E-state index is 14.8. The lowest BCUT2D eigenvalue weighted by Crippen LogP contribution is -2.12. The fraction of sp³-hybridized carbons (Fsp3) is 0.333. The van der Waals surface area contributed by atoms with Gasteiger partial charge < -0.3 is 19.3 Å². The van der Waals surface area contributed by atoms with Gasteiger partial charge in [-0.1, -0.05) is 0 Å². The predicted octanol–water partition coefficient (Wildman–Crippen LogP) is 4.77. The van der Waals surface area contributed by atoms with E-state index < -0.39 is 11.8 Å². The van der Waals surface area contributed by atoms with Crippen molar-refractivity contribution in [1.82, 2.24) is 4.98 Å². The van der Waals surface area contributed by atoms with Crippen LogP contribution in [0.1, 0.15) is 41.7 Å². The number of nitrogens with zero attached hydrogens (tertiary/aromatic N) is 1. The minimum atomic E-state index is -0.808. The number of aromatic hydroxyl groups is 1. The van der Waals surface area contributed by atoms with E-state index in [0.29, 0.717) is 0 Å². The zero-order valence-electron chi connectivity index (χ0n) is 15.1. The highest BCUT2D eigenvalue weighted by Crippen LogP contribution is 2.43. The van der Waals surface area contributed by atoms with Gasteiger partial charge in [0.1, 0.15) is 11.3 Å². The molecule has 0 spiro atoms. The molecule has 0 unspecified atom stereocenters. The van der Waals surface area contributed by atoms with E-state index in [1.54, 1.807) is 6.92 Å². The fourth-order valence-electron chi connectivity index (χ4n) is 2.46. The maximum absolute atomic E-state index is 14.8. The third-order valence-corrected chi connectivity index (χ3v) is 3.82. The third-order valence-electron chi connectivity index (χ3n) is 3.82. The number of methoxy groups -OCH3 is 1. The van der Waals surface area contributed by atoms with E-state index in [0.717, 1.165) is 12.8 Å². The summed E-state index contributed by atoms with van der Waals surface area (Å²) in [6.45, 7) is 1.75. The van der Waals surface area contributed by atoms with Gasteiger partial charge in [-0.2, -0.15) is 0 Å². The first-order valence-corrected chi connectivity index (χ1v) is 8.09. The Hall–Kier alpha value is -3.04. The van der Waals surface area contributed by atoms with Gasteiger partial charge in [0.15, 0.2) is 23.1 Å². The molecule has 1 fully saturated rings. The van der Waals surface area contributed by atoms with Crippen LogP contribution in [-0.4, -0.2) is 29.8 Å². The summed E-state index contributed by atoms with van der Waals surface area (Å²) in [5.74, 6) is -1.11. The van der Waals surface area contributed by atoms with Crippen LogP contribution in [0.4, 0.5) is 18.2 Å². The van der Waals surface area contributed by atoms with Crippen molar-refractivity contribution in [3.63, 3.8) is 0 Å². The predicted molar refractivity (Wildman–Crippen MR) is 91.6 cm³/mol. The van der Waals surface area contributed by atoms with E-state index in [2.05, 4.69) is 4.98 Å². The molecule has 2 aromatic rings. The number of carbonyl (C=O) groups is 1. The van der Waals surface area contributed by atoms with Crippen molar-refractivity contribution in [2.45, 2.75) is 25.7 Å². The molecule has 0 amide bonds. The van der Waals surface area contributed by atoms with Crippen LogP contribution in [0.25, 0.3) is 0 Å². The molecule has 1 heterocycles. The minimum Gasteiger partial charge on any atom is -0.508 e. The number of esters is 1. The van der Waals surface area contributed by atoms with Crippen LogP contribution in [0, 0.1) is 5.82 Å². The summed E-state index contributed by atoms with van der Waals surface area (Å²) < 4.78 is 46.6. The van der Waals surface area contributed by atoms with Crippen molar-refractivity contribution in [3.05, 3.63) is 41.5 Å². The van der Waals surface area contributed by atoms with E-state index in [-0.39, 0.29) is 51.5 Å². The molecule has 1 aromatic carbocycles. The average Bonchev–Trinajstić information content (AvgIpc) is 3.50. The van der Waals surface area contributed by atoms with Gasteiger partial charge in [-0.25, -0.2) is 9.18 Å². The van der Waals surface area contributed by atoms with E-state index in [1.165, 1.54) is 31.5 Å². The Labute approximate surface area is 158 Å². The van der Waals surface area contributed by atoms with Crippen LogP contribution in [0.5, 0.6) is 23.0 Å². The van der Waals surface area contributed by atoms with Crippen molar-refractivity contribution < 1.29 is 42.4 Å². The number of hydrogen-bond acceptors (Lipinski definition) is 6. The lowest BCUT2D eigenvalue weighted by Gasteiger charge is -2.15. The zero-order valence-corrected chi connectivity index (χ0v) is 15.1. The Morgan fingerprint density at radius 2 is 1.93 bits per heavy atom. The summed E-state index contributed by atoms with van der Waals surface area (Å²) in [5, 5.41) is 9.51. The number of hydrogen-bond donors (Lipinski definition) is 1. The van der Waals surface area contributed by atoms with Crippen molar-refractivity contribution in [3.8, 4) is 23.0 Å². The minimum absolute atomic E-state index is 0. The Morgan fingerprint density at radius 3 is 2.50 bits per heavy atom. The molecular weight excluding hydrogens is 386 g/mol. The largest absolute Gasteiger partial charge is 0.508 e. The molecule has 1 aromatic heterocycles. The molecule has 1 N–H and O–H groups in total. The second-order valence-corrected chi connectivity index (χ2v) is 5.63. The maximum Gasteiger partial charge on any atom is 0.345 e. The molecule has 3 rings (SSSR count). The number of carbonyl (C=O) groups excluding carboxylic acids is 1. The molecule has 6 nitrogen and oxygen atoms in total. The second kappa shape index (κ2) is 10.3. The number of ether oxygens (including phenoxy) is 3. The van der Waals surface area contributed by atoms with Crippen LogP contribution < -0.4 is 9.47 Å². The molecule has 1 aliphatic rings. The zero-order chi connectivity index (χ0) is 20.0. The molecule has 1 aliphatic carbocycles. The summed E-state index contributed by atoms with van der Waals surface area (Å²) in [6.07, 6.45) is 3.01. The van der Waals surface area contributed by atoms with Gasteiger partial charge in [0.25, 0.3) is 0 Å². The quantitative estimate of drug-likeness (QED) is 0.551. The lowest BCUT2D eigenvalue weighted by molar-refractivity contribution is 0.0517. The molecule has 0 radical (unpaired) electrons. The monoisotopic (exact) mass is 405 g/mol. The van der Waals surface area contributed by atoms with Crippen LogP contribution >= 0.6 is 0 Å². The Kier molecular flexibility index (Phi) is 8.49. The number of phenols is 1. The topological polar surface area (TPSA) is 77.9 Å². The SMILES string of the molecule is CCOC(=O)c1c(Oc2ccc(O)cc2OC)cnc(C2CC2)c1F.F.FF. The summed E-state index contributed by atoms with van der Waals surface area (Å²) in [5.41, 5.74) is -0.0260. The molecule has 0 aliphatic heterocycles. The van der Waals surface area contributed by atoms with Crippen molar-refractivity contribution >= 4 is 5.97 Å². The Balaban J connectivity index is 0.00000127. The van der Waals surface area contributed by atoms with Gasteiger partial charge in [-0.05, 0) is 31.9 Å². The number of pyridine rings is 1. The molecule has 0 atom stereocenters. The molecule has 154 valence electrons. The molecule has 1 saturated carbocycles. The first-order chi connectivity index (χ1) is 13.0. The smallest absolute Gasteiger partial charge is 0.345 e.